The zero-order valence-corrected chi connectivity index (χ0v) is 14.9. The van der Waals surface area contributed by atoms with Gasteiger partial charge in [0.25, 0.3) is 0 Å². The number of rotatable bonds is 4. The molecule has 3 aromatic rings. The Bertz CT molecular complexity index is 839. The molecule has 0 spiro atoms. The molecule has 0 fully saturated rings. The van der Waals surface area contributed by atoms with E-state index in [1.54, 1.807) is 4.63 Å². The van der Waals surface area contributed by atoms with E-state index in [-0.39, 0.29) is 11.3 Å². The van der Waals surface area contributed by atoms with Crippen molar-refractivity contribution in [1.82, 2.24) is 19.8 Å². The number of nitrogens with zero attached hydrogens (tertiary/aromatic N) is 3. The first-order chi connectivity index (χ1) is 11.3. The van der Waals surface area contributed by atoms with Crippen molar-refractivity contribution < 1.29 is 4.74 Å². The molecule has 1 atom stereocenters. The molecular weight excluding hydrogens is 302 g/mol. The van der Waals surface area contributed by atoms with Gasteiger partial charge in [-0.15, -0.1) is 14.8 Å². The van der Waals surface area contributed by atoms with Crippen LogP contribution in [0.4, 0.5) is 0 Å². The molecule has 6 nitrogen and oxygen atoms in total. The van der Waals surface area contributed by atoms with Crippen molar-refractivity contribution in [2.24, 2.45) is 5.73 Å². The monoisotopic (exact) mass is 327 g/mol. The van der Waals surface area contributed by atoms with Crippen molar-refractivity contribution in [2.45, 2.75) is 46.0 Å². The summed E-state index contributed by atoms with van der Waals surface area (Å²) >= 11 is 0. The number of fused-ring (bicyclic) bond motifs is 1. The Morgan fingerprint density at radius 2 is 1.88 bits per heavy atom. The highest BCUT2D eigenvalue weighted by molar-refractivity contribution is 5.59. The van der Waals surface area contributed by atoms with Crippen molar-refractivity contribution in [3.05, 3.63) is 41.3 Å². The van der Waals surface area contributed by atoms with E-state index < -0.39 is 0 Å². The van der Waals surface area contributed by atoms with Gasteiger partial charge in [-0.25, -0.2) is 0 Å². The lowest BCUT2D eigenvalue weighted by atomic mass is 9.92. The van der Waals surface area contributed by atoms with Gasteiger partial charge in [0, 0.05) is 17.9 Å². The average molecular weight is 327 g/mol. The van der Waals surface area contributed by atoms with Gasteiger partial charge in [0.05, 0.1) is 0 Å². The SMILES string of the molecule is Cc1ccc(Oc2c(C(C)(C)C)nn3nc(C(C)CN)[nH]c23)cc1. The van der Waals surface area contributed by atoms with Gasteiger partial charge in [-0.3, -0.25) is 0 Å². The topological polar surface area (TPSA) is 81.2 Å². The fraction of sp³-hybridized carbons (Fsp3) is 0.444. The number of benzene rings is 1. The number of aryl methyl sites for hydroxylation is 1. The highest BCUT2D eigenvalue weighted by Crippen LogP contribution is 2.36. The molecule has 6 heteroatoms. The smallest absolute Gasteiger partial charge is 0.199 e. The Balaban J connectivity index is 2.10. The summed E-state index contributed by atoms with van der Waals surface area (Å²) in [6, 6.07) is 7.99. The molecule has 0 saturated heterocycles. The third kappa shape index (κ3) is 3.01. The van der Waals surface area contributed by atoms with E-state index in [0.717, 1.165) is 22.9 Å². The maximum Gasteiger partial charge on any atom is 0.199 e. The van der Waals surface area contributed by atoms with Crippen LogP contribution < -0.4 is 10.5 Å². The van der Waals surface area contributed by atoms with E-state index in [2.05, 4.69) is 42.9 Å². The molecule has 2 heterocycles. The maximum absolute atomic E-state index is 6.19. The maximum atomic E-state index is 6.19. The number of H-pyrrole nitrogens is 1. The molecule has 2 aromatic heterocycles. The average Bonchev–Trinajstić information content (AvgIpc) is 3.07. The Hall–Kier alpha value is -2.34. The lowest BCUT2D eigenvalue weighted by Gasteiger charge is -2.17. The first-order valence-corrected chi connectivity index (χ1v) is 8.23. The molecule has 24 heavy (non-hydrogen) atoms. The predicted octanol–water partition coefficient (Wildman–Crippen LogP) is 3.52. The van der Waals surface area contributed by atoms with Crippen LogP contribution in [0.15, 0.2) is 24.3 Å². The van der Waals surface area contributed by atoms with Crippen molar-refractivity contribution >= 4 is 5.65 Å². The predicted molar refractivity (Wildman–Crippen MR) is 94.8 cm³/mol. The summed E-state index contributed by atoms with van der Waals surface area (Å²) in [6.07, 6.45) is 0. The zero-order chi connectivity index (χ0) is 17.5. The second-order valence-corrected chi connectivity index (χ2v) is 7.33. The van der Waals surface area contributed by atoms with Crippen molar-refractivity contribution in [1.29, 1.82) is 0 Å². The van der Waals surface area contributed by atoms with Gasteiger partial charge in [-0.05, 0) is 19.1 Å². The second kappa shape index (κ2) is 5.94. The molecular formula is C18H25N5O. The third-order valence-electron chi connectivity index (χ3n) is 4.05. The van der Waals surface area contributed by atoms with Crippen LogP contribution in [0.3, 0.4) is 0 Å². The van der Waals surface area contributed by atoms with Crippen LogP contribution in [0.2, 0.25) is 0 Å². The number of ether oxygens (including phenoxy) is 1. The molecule has 128 valence electrons. The lowest BCUT2D eigenvalue weighted by molar-refractivity contribution is 0.454. The van der Waals surface area contributed by atoms with Crippen LogP contribution in [-0.4, -0.2) is 26.4 Å². The molecule has 0 aliphatic heterocycles. The van der Waals surface area contributed by atoms with Gasteiger partial charge < -0.3 is 15.5 Å². The molecule has 0 bridgehead atoms. The Morgan fingerprint density at radius 1 is 1.21 bits per heavy atom. The third-order valence-corrected chi connectivity index (χ3v) is 4.05. The zero-order valence-electron chi connectivity index (χ0n) is 14.9. The summed E-state index contributed by atoms with van der Waals surface area (Å²) in [4.78, 5) is 3.32. The summed E-state index contributed by atoms with van der Waals surface area (Å²) < 4.78 is 7.80. The van der Waals surface area contributed by atoms with Crippen molar-refractivity contribution in [3.63, 3.8) is 0 Å². The van der Waals surface area contributed by atoms with Gasteiger partial charge in [0.2, 0.25) is 0 Å². The molecule has 1 unspecified atom stereocenters. The van der Waals surface area contributed by atoms with Crippen LogP contribution in [0.25, 0.3) is 5.65 Å². The number of hydrogen-bond acceptors (Lipinski definition) is 4. The van der Waals surface area contributed by atoms with Crippen LogP contribution in [0, 0.1) is 6.92 Å². The summed E-state index contributed by atoms with van der Waals surface area (Å²) in [5.41, 5.74) is 8.41. The van der Waals surface area contributed by atoms with Gasteiger partial charge in [-0.1, -0.05) is 45.4 Å². The minimum atomic E-state index is -0.159. The summed E-state index contributed by atoms with van der Waals surface area (Å²) in [7, 11) is 0. The quantitative estimate of drug-likeness (QED) is 0.768. The Labute approximate surface area is 142 Å². The number of aromatic nitrogens is 4. The summed E-state index contributed by atoms with van der Waals surface area (Å²) in [5.74, 6) is 2.45. The summed E-state index contributed by atoms with van der Waals surface area (Å²) in [6.45, 7) is 10.9. The van der Waals surface area contributed by atoms with E-state index >= 15 is 0 Å². The van der Waals surface area contributed by atoms with Gasteiger partial charge in [0.1, 0.15) is 17.3 Å². The van der Waals surface area contributed by atoms with E-state index in [0.29, 0.717) is 12.3 Å². The number of aromatic amines is 1. The van der Waals surface area contributed by atoms with Crippen LogP contribution in [0.5, 0.6) is 11.5 Å². The van der Waals surface area contributed by atoms with Gasteiger partial charge >= 0.3 is 0 Å². The number of nitrogens with two attached hydrogens (primary N) is 1. The number of nitrogens with one attached hydrogen (secondary N) is 1. The number of hydrogen-bond donors (Lipinski definition) is 2. The highest BCUT2D eigenvalue weighted by atomic mass is 16.5. The molecule has 0 aliphatic rings. The minimum absolute atomic E-state index is 0.136. The lowest BCUT2D eigenvalue weighted by Crippen LogP contribution is -2.14. The molecule has 1 aromatic carbocycles. The Kier molecular flexibility index (Phi) is 4.09. The van der Waals surface area contributed by atoms with Gasteiger partial charge in [-0.2, -0.15) is 0 Å². The van der Waals surface area contributed by atoms with Gasteiger partial charge in [0.15, 0.2) is 11.4 Å². The first-order valence-electron chi connectivity index (χ1n) is 8.23. The fourth-order valence-electron chi connectivity index (χ4n) is 2.47. The second-order valence-electron chi connectivity index (χ2n) is 7.33. The molecule has 3 N–H and O–H groups in total. The largest absolute Gasteiger partial charge is 0.451 e. The molecule has 0 saturated carbocycles. The van der Waals surface area contributed by atoms with E-state index in [1.165, 1.54) is 5.56 Å². The molecule has 3 rings (SSSR count). The van der Waals surface area contributed by atoms with Crippen molar-refractivity contribution in [3.8, 4) is 11.5 Å². The van der Waals surface area contributed by atoms with E-state index in [9.17, 15) is 0 Å². The molecule has 0 amide bonds. The highest BCUT2D eigenvalue weighted by Gasteiger charge is 2.28. The first kappa shape index (κ1) is 16.5. The molecule has 0 aliphatic carbocycles. The van der Waals surface area contributed by atoms with Crippen LogP contribution in [-0.2, 0) is 5.41 Å². The van der Waals surface area contributed by atoms with E-state index in [1.807, 2.05) is 31.2 Å². The standard InChI is InChI=1S/C18H25N5O/c1-11-6-8-13(9-7-11)24-14-15(18(3,4)5)21-23-17(14)20-16(22-23)12(2)10-19/h6-9,12H,10,19H2,1-5H3,(H,20,22). The molecule has 0 radical (unpaired) electrons. The Morgan fingerprint density at radius 3 is 2.46 bits per heavy atom. The fourth-order valence-corrected chi connectivity index (χ4v) is 2.47. The minimum Gasteiger partial charge on any atom is -0.451 e. The van der Waals surface area contributed by atoms with E-state index in [4.69, 9.17) is 10.5 Å². The van der Waals surface area contributed by atoms with Crippen LogP contribution >= 0.6 is 0 Å². The normalized spacial score (nSPS) is 13.4. The summed E-state index contributed by atoms with van der Waals surface area (Å²) in [5, 5.41) is 9.17. The van der Waals surface area contributed by atoms with Crippen molar-refractivity contribution in [2.75, 3.05) is 6.54 Å². The van der Waals surface area contributed by atoms with Crippen LogP contribution in [0.1, 0.15) is 50.7 Å².